The van der Waals surface area contributed by atoms with E-state index in [1.54, 1.807) is 29.2 Å². The molecular weight excluding hydrogens is 250 g/mol. The second kappa shape index (κ2) is 6.00. The van der Waals surface area contributed by atoms with E-state index in [1.807, 2.05) is 13.8 Å². The summed E-state index contributed by atoms with van der Waals surface area (Å²) < 4.78 is 4.46. The van der Waals surface area contributed by atoms with E-state index in [0.29, 0.717) is 13.1 Å². The van der Waals surface area contributed by atoms with E-state index in [4.69, 9.17) is 4.74 Å². The molecule has 1 aromatic rings. The lowest BCUT2D eigenvalue weighted by molar-refractivity contribution is 0.118. The third-order valence-corrected chi connectivity index (χ3v) is 2.46. The van der Waals surface area contributed by atoms with Crippen molar-refractivity contribution in [2.75, 3.05) is 13.7 Å². The van der Waals surface area contributed by atoms with Gasteiger partial charge in [-0.2, -0.15) is 12.6 Å². The molecule has 0 atom stereocenters. The minimum atomic E-state index is -0.384. The highest BCUT2D eigenvalue weighted by atomic mass is 32.1. The fourth-order valence-corrected chi connectivity index (χ4v) is 1.77. The van der Waals surface area contributed by atoms with Gasteiger partial charge in [0.15, 0.2) is 0 Å². The molecule has 1 rings (SSSR count). The van der Waals surface area contributed by atoms with Gasteiger partial charge in [-0.3, -0.25) is 0 Å². The summed E-state index contributed by atoms with van der Waals surface area (Å²) in [5.74, 6) is 0.206. The first-order valence-corrected chi connectivity index (χ1v) is 6.10. The summed E-state index contributed by atoms with van der Waals surface area (Å²) in [6.07, 6.45) is -0.384. The maximum Gasteiger partial charge on any atom is 0.409 e. The average Bonchev–Trinajstić information content (AvgIpc) is 2.28. The number of benzene rings is 1. The molecule has 0 fully saturated rings. The van der Waals surface area contributed by atoms with Crippen LogP contribution in [0.1, 0.15) is 19.4 Å². The topological polar surface area (TPSA) is 49.8 Å². The first-order chi connectivity index (χ1) is 8.31. The van der Waals surface area contributed by atoms with Crippen molar-refractivity contribution in [1.29, 1.82) is 0 Å². The third kappa shape index (κ3) is 4.87. The van der Waals surface area contributed by atoms with Crippen LogP contribution >= 0.6 is 12.6 Å². The minimum Gasteiger partial charge on any atom is -0.508 e. The van der Waals surface area contributed by atoms with Crippen LogP contribution in [0.3, 0.4) is 0 Å². The Hall–Kier alpha value is -1.36. The maximum atomic E-state index is 11.7. The van der Waals surface area contributed by atoms with Crippen LogP contribution in [0, 0.1) is 0 Å². The van der Waals surface area contributed by atoms with Crippen molar-refractivity contribution in [2.24, 2.45) is 0 Å². The number of carbonyl (C=O) groups is 1. The number of phenolic OH excluding ortho intramolecular Hbond substituents is 1. The predicted octanol–water partition coefficient (Wildman–Crippen LogP) is 2.67. The van der Waals surface area contributed by atoms with E-state index in [2.05, 4.69) is 12.6 Å². The van der Waals surface area contributed by atoms with Crippen molar-refractivity contribution in [3.05, 3.63) is 29.8 Å². The van der Waals surface area contributed by atoms with Crippen LogP contribution in [-0.4, -0.2) is 34.5 Å². The number of rotatable bonds is 4. The normalized spacial score (nSPS) is 11.1. The van der Waals surface area contributed by atoms with Crippen molar-refractivity contribution in [3.8, 4) is 5.75 Å². The van der Waals surface area contributed by atoms with Gasteiger partial charge in [0.1, 0.15) is 5.75 Å². The molecule has 0 saturated heterocycles. The van der Waals surface area contributed by atoms with Gasteiger partial charge in [-0.25, -0.2) is 4.79 Å². The molecule has 18 heavy (non-hydrogen) atoms. The Labute approximate surface area is 113 Å². The molecule has 5 heteroatoms. The molecule has 0 spiro atoms. The monoisotopic (exact) mass is 269 g/mol. The van der Waals surface area contributed by atoms with Gasteiger partial charge in [0.2, 0.25) is 0 Å². The molecule has 0 unspecified atom stereocenters. The van der Waals surface area contributed by atoms with Crippen molar-refractivity contribution in [1.82, 2.24) is 4.90 Å². The molecule has 1 N–H and O–H groups in total. The second-order valence-corrected chi connectivity index (χ2v) is 6.02. The van der Waals surface area contributed by atoms with Crippen LogP contribution in [0.5, 0.6) is 5.75 Å². The minimum absolute atomic E-state index is 0.206. The molecule has 0 aromatic heterocycles. The summed E-state index contributed by atoms with van der Waals surface area (Å²) in [7, 11) is 1.36. The molecule has 0 heterocycles. The highest BCUT2D eigenvalue weighted by molar-refractivity contribution is 7.81. The molecule has 0 aliphatic heterocycles. The lowest BCUT2D eigenvalue weighted by Gasteiger charge is -2.28. The number of hydrogen-bond donors (Lipinski definition) is 2. The third-order valence-electron chi connectivity index (χ3n) is 2.32. The zero-order valence-corrected chi connectivity index (χ0v) is 11.8. The number of ether oxygens (including phenoxy) is 1. The Morgan fingerprint density at radius 3 is 2.39 bits per heavy atom. The van der Waals surface area contributed by atoms with Gasteiger partial charge >= 0.3 is 6.09 Å². The highest BCUT2D eigenvalue weighted by Gasteiger charge is 2.22. The van der Waals surface area contributed by atoms with Gasteiger partial charge in [-0.1, -0.05) is 12.1 Å². The smallest absolute Gasteiger partial charge is 0.409 e. The number of methoxy groups -OCH3 is 1. The zero-order valence-electron chi connectivity index (χ0n) is 10.9. The van der Waals surface area contributed by atoms with E-state index in [-0.39, 0.29) is 16.6 Å². The van der Waals surface area contributed by atoms with E-state index in [9.17, 15) is 9.90 Å². The summed E-state index contributed by atoms with van der Waals surface area (Å²) in [6, 6.07) is 6.74. The Morgan fingerprint density at radius 2 is 1.94 bits per heavy atom. The molecule has 4 nitrogen and oxygen atoms in total. The van der Waals surface area contributed by atoms with Crippen LogP contribution in [0.4, 0.5) is 4.79 Å². The van der Waals surface area contributed by atoms with E-state index >= 15 is 0 Å². The van der Waals surface area contributed by atoms with E-state index in [1.165, 1.54) is 7.11 Å². The van der Waals surface area contributed by atoms with E-state index < -0.39 is 0 Å². The van der Waals surface area contributed by atoms with Crippen LogP contribution in [0.2, 0.25) is 0 Å². The van der Waals surface area contributed by atoms with Crippen molar-refractivity contribution in [3.63, 3.8) is 0 Å². The Morgan fingerprint density at radius 1 is 1.39 bits per heavy atom. The number of amides is 1. The SMILES string of the molecule is COC(=O)N(Cc1ccc(O)cc1)CC(C)(C)S. The molecule has 0 radical (unpaired) electrons. The van der Waals surface area contributed by atoms with Gasteiger partial charge in [0.05, 0.1) is 7.11 Å². The van der Waals surface area contributed by atoms with Gasteiger partial charge in [-0.15, -0.1) is 0 Å². The highest BCUT2D eigenvalue weighted by Crippen LogP contribution is 2.18. The van der Waals surface area contributed by atoms with Gasteiger partial charge < -0.3 is 14.7 Å². The van der Waals surface area contributed by atoms with E-state index in [0.717, 1.165) is 5.56 Å². The van der Waals surface area contributed by atoms with Gasteiger partial charge in [0, 0.05) is 17.8 Å². The number of carbonyl (C=O) groups excluding carboxylic acids is 1. The van der Waals surface area contributed by atoms with Crippen molar-refractivity contribution in [2.45, 2.75) is 25.1 Å². The summed E-state index contributed by atoms with van der Waals surface area (Å²) in [5, 5.41) is 9.22. The quantitative estimate of drug-likeness (QED) is 0.826. The maximum absolute atomic E-state index is 11.7. The van der Waals surface area contributed by atoms with Crippen LogP contribution in [-0.2, 0) is 11.3 Å². The number of aromatic hydroxyl groups is 1. The molecule has 100 valence electrons. The number of hydrogen-bond acceptors (Lipinski definition) is 4. The van der Waals surface area contributed by atoms with Crippen LogP contribution in [0.15, 0.2) is 24.3 Å². The lowest BCUT2D eigenvalue weighted by atomic mass is 10.1. The summed E-state index contributed by atoms with van der Waals surface area (Å²) in [4.78, 5) is 13.3. The van der Waals surface area contributed by atoms with Crippen molar-refractivity contribution < 1.29 is 14.6 Å². The fraction of sp³-hybridized carbons (Fsp3) is 0.462. The molecule has 0 aliphatic carbocycles. The molecule has 1 amide bonds. The molecular formula is C13H19NO3S. The van der Waals surface area contributed by atoms with Crippen LogP contribution in [0.25, 0.3) is 0 Å². The first kappa shape index (κ1) is 14.7. The standard InChI is InChI=1S/C13H19NO3S/c1-13(2,18)9-14(12(16)17-3)8-10-4-6-11(15)7-5-10/h4-7,15,18H,8-9H2,1-3H3. The Balaban J connectivity index is 2.78. The summed E-state index contributed by atoms with van der Waals surface area (Å²) >= 11 is 4.42. The Bertz CT molecular complexity index is 398. The molecule has 0 bridgehead atoms. The zero-order chi connectivity index (χ0) is 13.8. The Kier molecular flexibility index (Phi) is 4.90. The van der Waals surface area contributed by atoms with Gasteiger partial charge in [-0.05, 0) is 31.5 Å². The van der Waals surface area contributed by atoms with Crippen molar-refractivity contribution >= 4 is 18.7 Å². The van der Waals surface area contributed by atoms with Crippen LogP contribution < -0.4 is 0 Å². The fourth-order valence-electron chi connectivity index (χ4n) is 1.60. The summed E-state index contributed by atoms with van der Waals surface area (Å²) in [5.41, 5.74) is 0.927. The predicted molar refractivity (Wildman–Crippen MR) is 74.0 cm³/mol. The lowest BCUT2D eigenvalue weighted by Crippen LogP contribution is -2.39. The second-order valence-electron chi connectivity index (χ2n) is 4.80. The number of nitrogens with zero attached hydrogens (tertiary/aromatic N) is 1. The number of thiol groups is 1. The average molecular weight is 269 g/mol. The first-order valence-electron chi connectivity index (χ1n) is 5.65. The largest absolute Gasteiger partial charge is 0.508 e. The van der Waals surface area contributed by atoms with Gasteiger partial charge in [0.25, 0.3) is 0 Å². The number of phenols is 1. The molecule has 0 aliphatic rings. The molecule has 0 saturated carbocycles. The summed E-state index contributed by atoms with van der Waals surface area (Å²) in [6.45, 7) is 4.77. The molecule has 1 aromatic carbocycles.